The largest absolute Gasteiger partial charge is 0.482 e. The number of nitrogens with two attached hydrogens (primary N) is 1. The van der Waals surface area contributed by atoms with Gasteiger partial charge in [0.15, 0.2) is 6.61 Å². The molecule has 4 rings (SSSR count). The van der Waals surface area contributed by atoms with E-state index >= 15 is 0 Å². The molecule has 2 aromatic carbocycles. The second-order valence-corrected chi connectivity index (χ2v) is 7.10. The predicted octanol–water partition coefficient (Wildman–Crippen LogP) is 1.81. The van der Waals surface area contributed by atoms with Crippen LogP contribution in [0.5, 0.6) is 5.75 Å². The SMILES string of the molecule is N#Cc1ccccc1OCC(=O)N1CCN(Cc2nc(N)c3ccccc3n2)CC1. The van der Waals surface area contributed by atoms with E-state index in [1.807, 2.05) is 24.3 Å². The highest BCUT2D eigenvalue weighted by Gasteiger charge is 2.22. The van der Waals surface area contributed by atoms with Gasteiger partial charge in [-0.15, -0.1) is 0 Å². The number of aromatic nitrogens is 2. The third-order valence-corrected chi connectivity index (χ3v) is 5.13. The van der Waals surface area contributed by atoms with Crippen molar-refractivity contribution in [2.24, 2.45) is 0 Å². The highest BCUT2D eigenvalue weighted by Crippen LogP contribution is 2.19. The Morgan fingerprint density at radius 2 is 1.80 bits per heavy atom. The van der Waals surface area contributed by atoms with Gasteiger partial charge in [0, 0.05) is 31.6 Å². The summed E-state index contributed by atoms with van der Waals surface area (Å²) < 4.78 is 5.56. The van der Waals surface area contributed by atoms with Gasteiger partial charge in [0.05, 0.1) is 17.6 Å². The summed E-state index contributed by atoms with van der Waals surface area (Å²) in [5, 5.41) is 9.97. The summed E-state index contributed by atoms with van der Waals surface area (Å²) in [5.74, 6) is 1.51. The highest BCUT2D eigenvalue weighted by atomic mass is 16.5. The molecule has 1 fully saturated rings. The van der Waals surface area contributed by atoms with Crippen molar-refractivity contribution in [3.63, 3.8) is 0 Å². The van der Waals surface area contributed by atoms with Crippen molar-refractivity contribution in [3.8, 4) is 11.8 Å². The molecule has 2 N–H and O–H groups in total. The lowest BCUT2D eigenvalue weighted by atomic mass is 10.2. The summed E-state index contributed by atoms with van der Waals surface area (Å²) in [6, 6.07) is 16.7. The van der Waals surface area contributed by atoms with E-state index in [1.165, 1.54) is 0 Å². The van der Waals surface area contributed by atoms with Crippen LogP contribution in [0.1, 0.15) is 11.4 Å². The molecule has 0 spiro atoms. The van der Waals surface area contributed by atoms with Crippen molar-refractivity contribution < 1.29 is 9.53 Å². The lowest BCUT2D eigenvalue weighted by molar-refractivity contribution is -0.135. The Morgan fingerprint density at radius 3 is 2.60 bits per heavy atom. The Morgan fingerprint density at radius 1 is 1.07 bits per heavy atom. The topological polar surface area (TPSA) is 108 Å². The van der Waals surface area contributed by atoms with Crippen LogP contribution in [0.4, 0.5) is 5.82 Å². The Balaban J connectivity index is 1.30. The minimum absolute atomic E-state index is 0.0803. The zero-order chi connectivity index (χ0) is 20.9. The molecule has 0 bridgehead atoms. The zero-order valence-electron chi connectivity index (χ0n) is 16.5. The average Bonchev–Trinajstić information content (AvgIpc) is 2.78. The van der Waals surface area contributed by atoms with Crippen LogP contribution < -0.4 is 10.5 Å². The summed E-state index contributed by atoms with van der Waals surface area (Å²) in [6.45, 7) is 3.15. The van der Waals surface area contributed by atoms with Gasteiger partial charge in [0.1, 0.15) is 23.5 Å². The van der Waals surface area contributed by atoms with Crippen LogP contribution in [-0.2, 0) is 11.3 Å². The minimum Gasteiger partial charge on any atom is -0.482 e. The quantitative estimate of drug-likeness (QED) is 0.693. The first-order valence-electron chi connectivity index (χ1n) is 9.77. The molecule has 8 heteroatoms. The van der Waals surface area contributed by atoms with Crippen molar-refractivity contribution in [3.05, 3.63) is 59.9 Å². The van der Waals surface area contributed by atoms with E-state index in [0.29, 0.717) is 42.6 Å². The summed E-state index contributed by atoms with van der Waals surface area (Å²) in [7, 11) is 0. The maximum absolute atomic E-state index is 12.5. The Labute approximate surface area is 174 Å². The van der Waals surface area contributed by atoms with Gasteiger partial charge in [0.25, 0.3) is 5.91 Å². The molecule has 0 radical (unpaired) electrons. The van der Waals surface area contributed by atoms with E-state index in [0.717, 1.165) is 24.0 Å². The fraction of sp³-hybridized carbons (Fsp3) is 0.273. The maximum atomic E-state index is 12.5. The zero-order valence-corrected chi connectivity index (χ0v) is 16.5. The number of nitriles is 1. The first kappa shape index (κ1) is 19.6. The van der Waals surface area contributed by atoms with Crippen LogP contribution in [0.2, 0.25) is 0 Å². The monoisotopic (exact) mass is 402 g/mol. The number of piperazine rings is 1. The smallest absolute Gasteiger partial charge is 0.260 e. The summed E-state index contributed by atoms with van der Waals surface area (Å²) in [6.07, 6.45) is 0. The molecule has 152 valence electrons. The molecule has 0 atom stereocenters. The van der Waals surface area contributed by atoms with Gasteiger partial charge in [-0.3, -0.25) is 9.69 Å². The normalized spacial score (nSPS) is 14.4. The molecule has 1 aliphatic rings. The van der Waals surface area contributed by atoms with Crippen LogP contribution in [0, 0.1) is 11.3 Å². The van der Waals surface area contributed by atoms with Gasteiger partial charge in [-0.1, -0.05) is 24.3 Å². The molecule has 1 saturated heterocycles. The van der Waals surface area contributed by atoms with Crippen LogP contribution >= 0.6 is 0 Å². The van der Waals surface area contributed by atoms with Gasteiger partial charge in [0.2, 0.25) is 0 Å². The fourth-order valence-electron chi connectivity index (χ4n) is 3.49. The molecule has 1 aliphatic heterocycles. The Bertz CT molecular complexity index is 1100. The number of ether oxygens (including phenoxy) is 1. The molecule has 3 aromatic rings. The minimum atomic E-state index is -0.0893. The van der Waals surface area contributed by atoms with Crippen molar-refractivity contribution in [1.29, 1.82) is 5.26 Å². The number of para-hydroxylation sites is 2. The van der Waals surface area contributed by atoms with Crippen molar-refractivity contribution in [2.75, 3.05) is 38.5 Å². The van der Waals surface area contributed by atoms with Crippen LogP contribution in [0.25, 0.3) is 10.9 Å². The van der Waals surface area contributed by atoms with Crippen molar-refractivity contribution in [1.82, 2.24) is 19.8 Å². The fourth-order valence-corrected chi connectivity index (χ4v) is 3.49. The van der Waals surface area contributed by atoms with Gasteiger partial charge < -0.3 is 15.4 Å². The third kappa shape index (κ3) is 4.31. The maximum Gasteiger partial charge on any atom is 0.260 e. The van der Waals surface area contributed by atoms with Crippen LogP contribution in [0.3, 0.4) is 0 Å². The standard InChI is InChI=1S/C22H22N6O2/c23-13-16-5-1-4-8-19(16)30-15-21(29)28-11-9-27(10-12-28)14-20-25-18-7-3-2-6-17(18)22(24)26-20/h1-8H,9-12,14-15H2,(H2,24,25,26). The van der Waals surface area contributed by atoms with Gasteiger partial charge in [-0.25, -0.2) is 9.97 Å². The predicted molar refractivity (Wildman–Crippen MR) is 112 cm³/mol. The number of rotatable bonds is 5. The molecule has 1 aromatic heterocycles. The first-order valence-corrected chi connectivity index (χ1v) is 9.77. The highest BCUT2D eigenvalue weighted by molar-refractivity contribution is 5.87. The second-order valence-electron chi connectivity index (χ2n) is 7.10. The van der Waals surface area contributed by atoms with E-state index < -0.39 is 0 Å². The lowest BCUT2D eigenvalue weighted by Crippen LogP contribution is -2.49. The van der Waals surface area contributed by atoms with Crippen LogP contribution in [-0.4, -0.2) is 58.5 Å². The van der Waals surface area contributed by atoms with Gasteiger partial charge in [-0.05, 0) is 24.3 Å². The van der Waals surface area contributed by atoms with E-state index in [2.05, 4.69) is 20.9 Å². The van der Waals surface area contributed by atoms with E-state index in [9.17, 15) is 4.79 Å². The number of carbonyl (C=O) groups is 1. The molecule has 1 amide bonds. The number of anilines is 1. The van der Waals surface area contributed by atoms with Crippen molar-refractivity contribution >= 4 is 22.6 Å². The number of nitrogens with zero attached hydrogens (tertiary/aromatic N) is 5. The summed E-state index contributed by atoms with van der Waals surface area (Å²) >= 11 is 0. The first-order chi connectivity index (χ1) is 14.6. The van der Waals surface area contributed by atoms with Gasteiger partial charge >= 0.3 is 0 Å². The summed E-state index contributed by atoms with van der Waals surface area (Å²) in [4.78, 5) is 25.5. The summed E-state index contributed by atoms with van der Waals surface area (Å²) in [5.41, 5.74) is 7.33. The number of hydrogen-bond acceptors (Lipinski definition) is 7. The molecule has 8 nitrogen and oxygen atoms in total. The second kappa shape index (κ2) is 8.76. The molecule has 0 aliphatic carbocycles. The third-order valence-electron chi connectivity index (χ3n) is 5.13. The Kier molecular flexibility index (Phi) is 5.72. The lowest BCUT2D eigenvalue weighted by Gasteiger charge is -2.34. The van der Waals surface area contributed by atoms with E-state index in [1.54, 1.807) is 29.2 Å². The molecule has 30 heavy (non-hydrogen) atoms. The molecule has 0 unspecified atom stereocenters. The molecule has 2 heterocycles. The molecule has 0 saturated carbocycles. The number of hydrogen-bond donors (Lipinski definition) is 1. The van der Waals surface area contributed by atoms with E-state index in [-0.39, 0.29) is 12.5 Å². The number of fused-ring (bicyclic) bond motifs is 1. The number of nitrogen functional groups attached to an aromatic ring is 1. The van der Waals surface area contributed by atoms with Gasteiger partial charge in [-0.2, -0.15) is 5.26 Å². The Hall–Kier alpha value is -3.70. The van der Waals surface area contributed by atoms with Crippen LogP contribution in [0.15, 0.2) is 48.5 Å². The molecular formula is C22H22N6O2. The number of carbonyl (C=O) groups excluding carboxylic acids is 1. The van der Waals surface area contributed by atoms with E-state index in [4.69, 9.17) is 15.7 Å². The number of amides is 1. The number of benzene rings is 2. The average molecular weight is 402 g/mol. The molecular weight excluding hydrogens is 380 g/mol. The van der Waals surface area contributed by atoms with Crippen molar-refractivity contribution in [2.45, 2.75) is 6.54 Å².